The minimum atomic E-state index is -0.694. The first-order valence-electron chi connectivity index (χ1n) is 5.73. The van der Waals surface area contributed by atoms with E-state index in [0.29, 0.717) is 11.1 Å². The van der Waals surface area contributed by atoms with Gasteiger partial charge in [-0.1, -0.05) is 6.07 Å². The molecule has 0 spiro atoms. The highest BCUT2D eigenvalue weighted by molar-refractivity contribution is 5.90. The molecule has 19 heavy (non-hydrogen) atoms. The molecule has 0 saturated heterocycles. The quantitative estimate of drug-likeness (QED) is 0.863. The van der Waals surface area contributed by atoms with E-state index >= 15 is 0 Å². The fraction of sp³-hybridized carbons (Fsp3) is 0.143. The molecule has 0 bridgehead atoms. The number of halogens is 1. The molecule has 1 N–H and O–H groups in total. The van der Waals surface area contributed by atoms with Crippen LogP contribution < -0.4 is 0 Å². The molecule has 2 aromatic rings. The van der Waals surface area contributed by atoms with Gasteiger partial charge in [0.2, 0.25) is 0 Å². The van der Waals surface area contributed by atoms with Crippen LogP contribution in [0, 0.1) is 5.82 Å². The van der Waals surface area contributed by atoms with Gasteiger partial charge in [0.1, 0.15) is 11.6 Å². The molecule has 4 nitrogen and oxygen atoms in total. The second-order valence-electron chi connectivity index (χ2n) is 3.85. The van der Waals surface area contributed by atoms with Gasteiger partial charge in [0, 0.05) is 11.8 Å². The Bertz CT molecular complexity index is 613. The summed E-state index contributed by atoms with van der Waals surface area (Å²) in [5.41, 5.74) is 0.974. The van der Waals surface area contributed by atoms with Crippen molar-refractivity contribution in [2.45, 2.75) is 6.92 Å². The van der Waals surface area contributed by atoms with E-state index in [2.05, 4.69) is 4.98 Å². The lowest BCUT2D eigenvalue weighted by Gasteiger charge is -2.06. The summed E-state index contributed by atoms with van der Waals surface area (Å²) >= 11 is 0. The lowest BCUT2D eigenvalue weighted by atomic mass is 10.0. The Morgan fingerprint density at radius 1 is 1.32 bits per heavy atom. The second-order valence-corrected chi connectivity index (χ2v) is 3.85. The summed E-state index contributed by atoms with van der Waals surface area (Å²) in [6, 6.07) is 5.60. The van der Waals surface area contributed by atoms with Gasteiger partial charge >= 0.3 is 5.97 Å². The molecule has 0 saturated carbocycles. The van der Waals surface area contributed by atoms with Crippen molar-refractivity contribution in [2.24, 2.45) is 0 Å². The normalized spacial score (nSPS) is 10.2. The Labute approximate surface area is 109 Å². The number of benzene rings is 1. The van der Waals surface area contributed by atoms with Crippen LogP contribution in [-0.4, -0.2) is 22.7 Å². The van der Waals surface area contributed by atoms with Gasteiger partial charge in [-0.05, 0) is 30.7 Å². The number of nitrogens with zero attached hydrogens (tertiary/aromatic N) is 1. The molecule has 1 aromatic heterocycles. The first kappa shape index (κ1) is 13.0. The molecular weight excluding hydrogens is 249 g/mol. The molecular formula is C14H12FNO3. The number of esters is 1. The van der Waals surface area contributed by atoms with Crippen LogP contribution in [-0.2, 0) is 4.74 Å². The van der Waals surface area contributed by atoms with Crippen molar-refractivity contribution in [1.29, 1.82) is 0 Å². The Morgan fingerprint density at radius 2 is 2.11 bits per heavy atom. The van der Waals surface area contributed by atoms with E-state index in [0.717, 1.165) is 0 Å². The van der Waals surface area contributed by atoms with Crippen molar-refractivity contribution in [2.75, 3.05) is 6.61 Å². The van der Waals surface area contributed by atoms with E-state index in [4.69, 9.17) is 4.74 Å². The molecule has 0 amide bonds. The zero-order valence-electron chi connectivity index (χ0n) is 10.3. The Hall–Kier alpha value is -2.43. The smallest absolute Gasteiger partial charge is 0.341 e. The van der Waals surface area contributed by atoms with E-state index in [1.54, 1.807) is 13.0 Å². The molecule has 98 valence electrons. The van der Waals surface area contributed by atoms with Crippen molar-refractivity contribution < 1.29 is 19.0 Å². The average molecular weight is 261 g/mol. The molecule has 0 aliphatic carbocycles. The molecule has 1 aromatic carbocycles. The third kappa shape index (κ3) is 2.88. The standard InChI is InChI=1S/C14H12FNO3/c1-2-19-14(18)12-4-3-9(6-13(12)15)10-5-11(17)8-16-7-10/h3-8,17H,2H2,1H3. The number of hydrogen-bond donors (Lipinski definition) is 1. The third-order valence-electron chi connectivity index (χ3n) is 2.52. The lowest BCUT2D eigenvalue weighted by Crippen LogP contribution is -2.07. The summed E-state index contributed by atoms with van der Waals surface area (Å²) in [7, 11) is 0. The molecule has 5 heteroatoms. The second kappa shape index (κ2) is 5.48. The summed E-state index contributed by atoms with van der Waals surface area (Å²) in [4.78, 5) is 15.3. The van der Waals surface area contributed by atoms with Gasteiger partial charge in [0.25, 0.3) is 0 Å². The SMILES string of the molecule is CCOC(=O)c1ccc(-c2cncc(O)c2)cc1F. The maximum absolute atomic E-state index is 13.8. The highest BCUT2D eigenvalue weighted by atomic mass is 19.1. The fourth-order valence-corrected chi connectivity index (χ4v) is 1.65. The monoisotopic (exact) mass is 261 g/mol. The van der Waals surface area contributed by atoms with Gasteiger partial charge in [-0.3, -0.25) is 4.98 Å². The minimum absolute atomic E-state index is 0.00706. The highest BCUT2D eigenvalue weighted by Gasteiger charge is 2.13. The fourth-order valence-electron chi connectivity index (χ4n) is 1.65. The van der Waals surface area contributed by atoms with E-state index in [9.17, 15) is 14.3 Å². The molecule has 0 radical (unpaired) electrons. The number of rotatable bonds is 3. The average Bonchev–Trinajstić information content (AvgIpc) is 2.38. The number of aromatic hydroxyl groups is 1. The molecule has 0 aliphatic heterocycles. The van der Waals surface area contributed by atoms with Crippen molar-refractivity contribution in [3.8, 4) is 16.9 Å². The number of hydrogen-bond acceptors (Lipinski definition) is 4. The van der Waals surface area contributed by atoms with Crippen LogP contribution >= 0.6 is 0 Å². The summed E-state index contributed by atoms with van der Waals surface area (Å²) in [5.74, 6) is -1.37. The van der Waals surface area contributed by atoms with Crippen molar-refractivity contribution in [1.82, 2.24) is 4.98 Å². The number of carbonyl (C=O) groups excluding carboxylic acids is 1. The molecule has 0 fully saturated rings. The number of carbonyl (C=O) groups is 1. The number of ether oxygens (including phenoxy) is 1. The Kier molecular flexibility index (Phi) is 3.75. The van der Waals surface area contributed by atoms with Crippen LogP contribution in [0.1, 0.15) is 17.3 Å². The maximum Gasteiger partial charge on any atom is 0.341 e. The third-order valence-corrected chi connectivity index (χ3v) is 2.52. The van der Waals surface area contributed by atoms with Crippen molar-refractivity contribution >= 4 is 5.97 Å². The highest BCUT2D eigenvalue weighted by Crippen LogP contribution is 2.24. The van der Waals surface area contributed by atoms with Crippen LogP contribution in [0.2, 0.25) is 0 Å². The van der Waals surface area contributed by atoms with Crippen LogP contribution in [0.15, 0.2) is 36.7 Å². The van der Waals surface area contributed by atoms with Gasteiger partial charge in [0.15, 0.2) is 0 Å². The van der Waals surface area contributed by atoms with Crippen LogP contribution in [0.3, 0.4) is 0 Å². The molecule has 1 heterocycles. The van der Waals surface area contributed by atoms with Crippen molar-refractivity contribution in [3.05, 3.63) is 48.0 Å². The summed E-state index contributed by atoms with van der Waals surface area (Å²) < 4.78 is 18.6. The van der Waals surface area contributed by atoms with E-state index in [-0.39, 0.29) is 17.9 Å². The topological polar surface area (TPSA) is 59.4 Å². The lowest BCUT2D eigenvalue weighted by molar-refractivity contribution is 0.0521. The van der Waals surface area contributed by atoms with Crippen molar-refractivity contribution in [3.63, 3.8) is 0 Å². The number of pyridine rings is 1. The predicted molar refractivity (Wildman–Crippen MR) is 67.3 cm³/mol. The van der Waals surface area contributed by atoms with Crippen LogP contribution in [0.25, 0.3) is 11.1 Å². The largest absolute Gasteiger partial charge is 0.506 e. The Balaban J connectivity index is 2.36. The van der Waals surface area contributed by atoms with E-state index in [1.807, 2.05) is 0 Å². The van der Waals surface area contributed by atoms with Gasteiger partial charge < -0.3 is 9.84 Å². The first-order chi connectivity index (χ1) is 9.11. The summed E-state index contributed by atoms with van der Waals surface area (Å²) in [6.07, 6.45) is 2.78. The first-order valence-corrected chi connectivity index (χ1v) is 5.73. The maximum atomic E-state index is 13.8. The van der Waals surface area contributed by atoms with Crippen LogP contribution in [0.5, 0.6) is 5.75 Å². The van der Waals surface area contributed by atoms with E-state index in [1.165, 1.54) is 30.6 Å². The minimum Gasteiger partial charge on any atom is -0.506 e. The predicted octanol–water partition coefficient (Wildman–Crippen LogP) is 2.77. The Morgan fingerprint density at radius 3 is 2.74 bits per heavy atom. The van der Waals surface area contributed by atoms with Crippen LogP contribution in [0.4, 0.5) is 4.39 Å². The molecule has 0 atom stereocenters. The molecule has 0 aliphatic rings. The van der Waals surface area contributed by atoms with Gasteiger partial charge in [-0.2, -0.15) is 0 Å². The van der Waals surface area contributed by atoms with Gasteiger partial charge in [-0.25, -0.2) is 9.18 Å². The zero-order chi connectivity index (χ0) is 13.8. The van der Waals surface area contributed by atoms with Gasteiger partial charge in [0.05, 0.1) is 18.4 Å². The van der Waals surface area contributed by atoms with E-state index < -0.39 is 11.8 Å². The zero-order valence-corrected chi connectivity index (χ0v) is 10.3. The van der Waals surface area contributed by atoms with Gasteiger partial charge in [-0.15, -0.1) is 0 Å². The molecule has 0 unspecified atom stereocenters. The summed E-state index contributed by atoms with van der Waals surface area (Å²) in [5, 5.41) is 9.33. The summed E-state index contributed by atoms with van der Waals surface area (Å²) in [6.45, 7) is 1.85. The molecule has 2 rings (SSSR count). The number of aromatic nitrogens is 1.